The molecule has 8 heteroatoms. The minimum atomic E-state index is -1.36. The zero-order valence-electron chi connectivity index (χ0n) is 13.7. The van der Waals surface area contributed by atoms with Crippen LogP contribution in [0.15, 0.2) is 53.5 Å². The van der Waals surface area contributed by atoms with Crippen LogP contribution in [0.3, 0.4) is 0 Å². The summed E-state index contributed by atoms with van der Waals surface area (Å²) in [5, 5.41) is 2.04. The number of hydrogen-bond acceptors (Lipinski definition) is 5. The summed E-state index contributed by atoms with van der Waals surface area (Å²) in [6, 6.07) is 11.0. The highest BCUT2D eigenvalue weighted by Crippen LogP contribution is 2.24. The second-order valence-electron chi connectivity index (χ2n) is 5.38. The van der Waals surface area contributed by atoms with Crippen LogP contribution in [0, 0.1) is 11.7 Å². The molecule has 1 N–H and O–H groups in total. The van der Waals surface area contributed by atoms with Gasteiger partial charge in [0.05, 0.1) is 18.5 Å². The van der Waals surface area contributed by atoms with Gasteiger partial charge >= 0.3 is 6.03 Å². The maximum absolute atomic E-state index is 14.0. The van der Waals surface area contributed by atoms with Gasteiger partial charge in [0.25, 0.3) is 5.91 Å². The number of barbiturate groups is 1. The number of carbonyl (C=O) groups excluding carboxylic acids is 3. The van der Waals surface area contributed by atoms with Gasteiger partial charge < -0.3 is 4.74 Å². The molecule has 2 aromatic carbocycles. The number of hydrogen-bond donors (Lipinski definition) is 1. The maximum atomic E-state index is 14.0. The highest BCUT2D eigenvalue weighted by molar-refractivity contribution is 6.32. The van der Waals surface area contributed by atoms with Gasteiger partial charge in [-0.3, -0.25) is 19.9 Å². The molecule has 0 saturated carbocycles. The first-order chi connectivity index (χ1) is 12.5. The molecule has 7 nitrogen and oxygen atoms in total. The lowest BCUT2D eigenvalue weighted by molar-refractivity contribution is -0.131. The van der Waals surface area contributed by atoms with Crippen molar-refractivity contribution in [2.75, 3.05) is 12.0 Å². The molecule has 132 valence electrons. The Hall–Kier alpha value is -3.55. The summed E-state index contributed by atoms with van der Waals surface area (Å²) >= 11 is 0. The Morgan fingerprint density at radius 2 is 1.92 bits per heavy atom. The van der Waals surface area contributed by atoms with Gasteiger partial charge in [-0.1, -0.05) is 18.2 Å². The number of aliphatic imine (C=N–C) groups is 1. The largest absolute Gasteiger partial charge is 0.497 e. The first-order valence-electron chi connectivity index (χ1n) is 7.63. The van der Waals surface area contributed by atoms with Crippen molar-refractivity contribution in [3.63, 3.8) is 0 Å². The van der Waals surface area contributed by atoms with Crippen LogP contribution >= 0.6 is 0 Å². The fraction of sp³-hybridized carbons (Fsp3) is 0.111. The summed E-state index contributed by atoms with van der Waals surface area (Å²) in [7, 11) is 1.50. The van der Waals surface area contributed by atoms with E-state index < -0.39 is 29.6 Å². The van der Waals surface area contributed by atoms with E-state index in [0.29, 0.717) is 16.3 Å². The number of anilines is 1. The number of carbonyl (C=O) groups is 3. The quantitative estimate of drug-likeness (QED) is 0.674. The van der Waals surface area contributed by atoms with Crippen molar-refractivity contribution in [2.45, 2.75) is 0 Å². The number of benzene rings is 2. The third-order valence-corrected chi connectivity index (χ3v) is 3.72. The van der Waals surface area contributed by atoms with Crippen LogP contribution in [0.5, 0.6) is 5.75 Å². The Kier molecular flexibility index (Phi) is 4.74. The molecular formula is C18H14FN3O4. The molecule has 1 aliphatic rings. The molecule has 1 fully saturated rings. The maximum Gasteiger partial charge on any atom is 0.335 e. The average Bonchev–Trinajstić information content (AvgIpc) is 2.63. The van der Waals surface area contributed by atoms with Crippen LogP contribution in [0.25, 0.3) is 0 Å². The van der Waals surface area contributed by atoms with Crippen molar-refractivity contribution in [3.8, 4) is 5.75 Å². The van der Waals surface area contributed by atoms with Crippen molar-refractivity contribution < 1.29 is 23.5 Å². The Labute approximate surface area is 148 Å². The van der Waals surface area contributed by atoms with E-state index >= 15 is 0 Å². The van der Waals surface area contributed by atoms with Crippen LogP contribution in [-0.2, 0) is 9.59 Å². The number of ether oxygens (including phenoxy) is 1. The lowest BCUT2D eigenvalue weighted by Crippen LogP contribution is -2.58. The van der Waals surface area contributed by atoms with E-state index in [-0.39, 0.29) is 5.69 Å². The van der Waals surface area contributed by atoms with Gasteiger partial charge in [0.2, 0.25) is 5.91 Å². The van der Waals surface area contributed by atoms with E-state index in [0.717, 1.165) is 12.3 Å². The Morgan fingerprint density at radius 1 is 1.15 bits per heavy atom. The van der Waals surface area contributed by atoms with E-state index in [1.807, 2.05) is 5.32 Å². The predicted molar refractivity (Wildman–Crippen MR) is 92.1 cm³/mol. The smallest absolute Gasteiger partial charge is 0.335 e. The van der Waals surface area contributed by atoms with Crippen LogP contribution in [0.2, 0.25) is 0 Å². The number of methoxy groups -OCH3 is 1. The standard InChI is InChI=1S/C18H14FN3O4/c1-26-12-6-4-5-11(9-12)20-10-13-16(23)21-18(25)22(17(13)24)15-8-3-2-7-14(15)19/h2-10,13H,1H3,(H,21,23,25)/t13-/m1/s1. The number of halogens is 1. The molecule has 1 heterocycles. The van der Waals surface area contributed by atoms with Crippen molar-refractivity contribution >= 4 is 35.4 Å². The minimum Gasteiger partial charge on any atom is -0.497 e. The molecule has 0 aromatic heterocycles. The van der Waals surface area contributed by atoms with E-state index in [4.69, 9.17) is 4.74 Å². The molecular weight excluding hydrogens is 341 g/mol. The SMILES string of the molecule is COc1cccc(N=C[C@@H]2C(=O)NC(=O)N(c3ccccc3F)C2=O)c1. The fourth-order valence-electron chi connectivity index (χ4n) is 2.43. The molecule has 3 rings (SSSR count). The van der Waals surface area contributed by atoms with E-state index in [2.05, 4.69) is 4.99 Å². The summed E-state index contributed by atoms with van der Waals surface area (Å²) in [4.78, 5) is 41.3. The van der Waals surface area contributed by atoms with E-state index in [1.165, 1.54) is 25.3 Å². The second kappa shape index (κ2) is 7.14. The molecule has 0 unspecified atom stereocenters. The number of nitrogens with one attached hydrogen (secondary N) is 1. The lowest BCUT2D eigenvalue weighted by Gasteiger charge is -2.28. The number of urea groups is 1. The number of para-hydroxylation sites is 1. The summed E-state index contributed by atoms with van der Waals surface area (Å²) in [6.07, 6.45) is 1.12. The summed E-state index contributed by atoms with van der Waals surface area (Å²) in [5.74, 6) is -3.26. The topological polar surface area (TPSA) is 88.1 Å². The average molecular weight is 355 g/mol. The highest BCUT2D eigenvalue weighted by Gasteiger charge is 2.41. The van der Waals surface area contributed by atoms with Gasteiger partial charge in [-0.25, -0.2) is 14.1 Å². The highest BCUT2D eigenvalue weighted by atomic mass is 19.1. The minimum absolute atomic E-state index is 0.234. The Balaban J connectivity index is 1.90. The van der Waals surface area contributed by atoms with Gasteiger partial charge in [0.1, 0.15) is 11.6 Å². The first-order valence-corrected chi connectivity index (χ1v) is 7.63. The van der Waals surface area contributed by atoms with Gasteiger partial charge in [0.15, 0.2) is 5.92 Å². The van der Waals surface area contributed by atoms with E-state index in [9.17, 15) is 18.8 Å². The Morgan fingerprint density at radius 3 is 2.65 bits per heavy atom. The van der Waals surface area contributed by atoms with Gasteiger partial charge in [-0.2, -0.15) is 0 Å². The molecule has 2 aromatic rings. The predicted octanol–water partition coefficient (Wildman–Crippen LogP) is 2.44. The molecule has 0 bridgehead atoms. The van der Waals surface area contributed by atoms with Crippen molar-refractivity contribution in [1.29, 1.82) is 0 Å². The molecule has 1 saturated heterocycles. The lowest BCUT2D eigenvalue weighted by atomic mass is 10.1. The molecule has 0 spiro atoms. The van der Waals surface area contributed by atoms with Crippen LogP contribution in [-0.4, -0.2) is 31.2 Å². The van der Waals surface area contributed by atoms with Crippen LogP contribution in [0.1, 0.15) is 0 Å². The van der Waals surface area contributed by atoms with Crippen LogP contribution in [0.4, 0.5) is 20.6 Å². The summed E-state index contributed by atoms with van der Waals surface area (Å²) < 4.78 is 19.0. The van der Waals surface area contributed by atoms with E-state index in [1.54, 1.807) is 24.3 Å². The number of rotatable bonds is 4. The molecule has 4 amide bonds. The molecule has 1 atom stereocenters. The Bertz CT molecular complexity index is 913. The zero-order chi connectivity index (χ0) is 18.7. The van der Waals surface area contributed by atoms with Gasteiger partial charge in [-0.15, -0.1) is 0 Å². The van der Waals surface area contributed by atoms with Gasteiger partial charge in [-0.05, 0) is 24.3 Å². The first kappa shape index (κ1) is 17.3. The zero-order valence-corrected chi connectivity index (χ0v) is 13.7. The van der Waals surface area contributed by atoms with Crippen molar-refractivity contribution in [1.82, 2.24) is 5.32 Å². The molecule has 0 aliphatic carbocycles. The fourth-order valence-corrected chi connectivity index (χ4v) is 2.43. The third kappa shape index (κ3) is 3.30. The van der Waals surface area contributed by atoms with Gasteiger partial charge in [0, 0.05) is 12.3 Å². The second-order valence-corrected chi connectivity index (χ2v) is 5.38. The number of amides is 4. The molecule has 1 aliphatic heterocycles. The van der Waals surface area contributed by atoms with Crippen molar-refractivity contribution in [3.05, 3.63) is 54.3 Å². The normalized spacial score (nSPS) is 17.5. The monoisotopic (exact) mass is 355 g/mol. The summed E-state index contributed by atoms with van der Waals surface area (Å²) in [5.41, 5.74) is 0.224. The van der Waals surface area contributed by atoms with Crippen molar-refractivity contribution in [2.24, 2.45) is 10.9 Å². The summed E-state index contributed by atoms with van der Waals surface area (Å²) in [6.45, 7) is 0. The van der Waals surface area contributed by atoms with Crippen LogP contribution < -0.4 is 15.0 Å². The molecule has 0 radical (unpaired) electrons. The number of imide groups is 2. The number of nitrogens with zero attached hydrogens (tertiary/aromatic N) is 2. The molecule has 26 heavy (non-hydrogen) atoms. The third-order valence-electron chi connectivity index (χ3n) is 3.72.